The molecule has 67 heavy (non-hydrogen) atoms. The minimum absolute atomic E-state index is 0.0201. The zero-order valence-corrected chi connectivity index (χ0v) is 43.9. The molecule has 0 radical (unpaired) electrons. The molecule has 5 saturated heterocycles. The summed E-state index contributed by atoms with van der Waals surface area (Å²) < 4.78 is 64.6. The Balaban J connectivity index is 1.40. The molecule has 18 nitrogen and oxygen atoms in total. The average molecular weight is 956 g/mol. The van der Waals surface area contributed by atoms with E-state index in [1.54, 1.807) is 0 Å². The highest BCUT2D eigenvalue weighted by Crippen LogP contribution is 2.44. The quantitative estimate of drug-likeness (QED) is 0.0979. The standard InChI is InChI=1S/C49H85N3O15/c1-41(2,37-48(30-59-32-61-37)28-57-31-58-29-48)27-60-36(53)19-18-20-49(65-38(54)62-33-21-42(3,4)50(15)43(5,6)22-33,66-39(55)63-34-23-44(7,8)51(16)45(9,10)24-34)67-40(56)64-35-25-46(11,12)52(17)47(13,14)26-35/h33-35,37H,18-32H2,1-17H3. The second-order valence-electron chi connectivity index (χ2n) is 24.4. The molecule has 5 fully saturated rings. The van der Waals surface area contributed by atoms with Crippen LogP contribution in [0.2, 0.25) is 0 Å². The molecule has 0 aromatic rings. The van der Waals surface area contributed by atoms with E-state index >= 15 is 0 Å². The van der Waals surface area contributed by atoms with Gasteiger partial charge >= 0.3 is 30.4 Å². The molecule has 0 aromatic carbocycles. The van der Waals surface area contributed by atoms with Crippen molar-refractivity contribution in [3.05, 3.63) is 0 Å². The van der Waals surface area contributed by atoms with Crippen LogP contribution in [0.25, 0.3) is 0 Å². The lowest BCUT2D eigenvalue weighted by atomic mass is 9.70. The first-order valence-electron chi connectivity index (χ1n) is 24.1. The molecule has 5 aliphatic heterocycles. The normalized spacial score (nSPS) is 26.8. The van der Waals surface area contributed by atoms with Gasteiger partial charge in [-0.3, -0.25) is 19.5 Å². The summed E-state index contributed by atoms with van der Waals surface area (Å²) in [4.78, 5) is 62.6. The lowest BCUT2D eigenvalue weighted by Gasteiger charge is -2.53. The number of hydrogen-bond donors (Lipinski definition) is 0. The summed E-state index contributed by atoms with van der Waals surface area (Å²) in [7, 11) is 6.08. The molecule has 386 valence electrons. The van der Waals surface area contributed by atoms with Crippen molar-refractivity contribution in [3.8, 4) is 0 Å². The monoisotopic (exact) mass is 956 g/mol. The predicted octanol–water partition coefficient (Wildman–Crippen LogP) is 8.16. The molecule has 0 N–H and O–H groups in total. The second kappa shape index (κ2) is 20.0. The Hall–Kier alpha value is -3.00. The van der Waals surface area contributed by atoms with E-state index in [0.717, 1.165) is 0 Å². The summed E-state index contributed by atoms with van der Waals surface area (Å²) in [5.74, 6) is -3.38. The Labute approximate surface area is 399 Å². The van der Waals surface area contributed by atoms with Gasteiger partial charge in [-0.15, -0.1) is 0 Å². The van der Waals surface area contributed by atoms with Crippen LogP contribution in [0.5, 0.6) is 0 Å². The maximum atomic E-state index is 14.1. The van der Waals surface area contributed by atoms with Gasteiger partial charge in [0.25, 0.3) is 0 Å². The molecule has 0 aliphatic carbocycles. The first-order valence-corrected chi connectivity index (χ1v) is 24.1. The Morgan fingerprint density at radius 2 is 0.866 bits per heavy atom. The van der Waals surface area contributed by atoms with Crippen molar-refractivity contribution in [2.45, 2.75) is 218 Å². The second-order valence-corrected chi connectivity index (χ2v) is 24.4. The van der Waals surface area contributed by atoms with E-state index in [9.17, 15) is 19.2 Å². The number of nitrogens with zero attached hydrogens (tertiary/aromatic N) is 3. The van der Waals surface area contributed by atoms with E-state index < -0.39 is 72.1 Å². The first-order chi connectivity index (χ1) is 30.6. The number of likely N-dealkylation sites (tertiary alicyclic amines) is 3. The minimum atomic E-state index is -2.78. The van der Waals surface area contributed by atoms with Gasteiger partial charge in [-0.1, -0.05) is 13.8 Å². The van der Waals surface area contributed by atoms with E-state index in [4.69, 9.17) is 52.1 Å². The number of hydrogen-bond acceptors (Lipinski definition) is 18. The number of piperidine rings is 3. The van der Waals surface area contributed by atoms with Crippen LogP contribution in [0.4, 0.5) is 14.4 Å². The van der Waals surface area contributed by atoms with Crippen molar-refractivity contribution in [1.29, 1.82) is 0 Å². The SMILES string of the molecule is CN1C(C)(C)CC(OC(=O)OC(CCCC(=O)OCC(C)(C)C2OCOCC23COCOC3)(OC(=O)OC2CC(C)(C)N(C)C(C)(C)C2)OC(=O)OC2CC(C)(C)N(C)C(C)(C)C2)CC1(C)C. The van der Waals surface area contributed by atoms with Gasteiger partial charge in [0.1, 0.15) is 31.9 Å². The first kappa shape index (κ1) is 54.9. The van der Waals surface area contributed by atoms with Gasteiger partial charge in [-0.25, -0.2) is 14.4 Å². The summed E-state index contributed by atoms with van der Waals surface area (Å²) in [6.07, 6.45) is -4.06. The Bertz CT molecular complexity index is 1550. The van der Waals surface area contributed by atoms with Gasteiger partial charge in [-0.05, 0) is 111 Å². The molecular weight excluding hydrogens is 871 g/mol. The van der Waals surface area contributed by atoms with E-state index in [2.05, 4.69) is 97.8 Å². The number of esters is 1. The fourth-order valence-corrected chi connectivity index (χ4v) is 11.5. The number of carbonyl (C=O) groups excluding carboxylic acids is 4. The number of carbonyl (C=O) groups is 4. The molecule has 5 aliphatic rings. The van der Waals surface area contributed by atoms with Crippen molar-refractivity contribution >= 4 is 24.4 Å². The third kappa shape index (κ3) is 13.3. The third-order valence-electron chi connectivity index (χ3n) is 15.7. The maximum Gasteiger partial charge on any atom is 0.514 e. The predicted molar refractivity (Wildman–Crippen MR) is 246 cm³/mol. The summed E-state index contributed by atoms with van der Waals surface area (Å²) in [5.41, 5.74) is -3.45. The van der Waals surface area contributed by atoms with Crippen LogP contribution < -0.4 is 0 Å². The van der Waals surface area contributed by atoms with Crippen molar-refractivity contribution in [1.82, 2.24) is 14.7 Å². The Morgan fingerprint density at radius 3 is 1.21 bits per heavy atom. The zero-order valence-electron chi connectivity index (χ0n) is 43.9. The number of rotatable bonds is 13. The molecule has 0 bridgehead atoms. The summed E-state index contributed by atoms with van der Waals surface area (Å²) >= 11 is 0. The van der Waals surface area contributed by atoms with Crippen molar-refractivity contribution < 1.29 is 71.3 Å². The topological polar surface area (TPSA) is 180 Å². The van der Waals surface area contributed by atoms with Crippen LogP contribution in [0.3, 0.4) is 0 Å². The van der Waals surface area contributed by atoms with Crippen molar-refractivity contribution in [3.63, 3.8) is 0 Å². The molecule has 1 unspecified atom stereocenters. The number of ether oxygens (including phenoxy) is 11. The van der Waals surface area contributed by atoms with Gasteiger partial charge in [0, 0.05) is 83.6 Å². The summed E-state index contributed by atoms with van der Waals surface area (Å²) in [6.45, 7) is 29.9. The van der Waals surface area contributed by atoms with Gasteiger partial charge < -0.3 is 52.1 Å². The highest BCUT2D eigenvalue weighted by Gasteiger charge is 2.54. The van der Waals surface area contributed by atoms with Gasteiger partial charge in [-0.2, -0.15) is 0 Å². The molecular formula is C49H85N3O15. The van der Waals surface area contributed by atoms with Crippen LogP contribution >= 0.6 is 0 Å². The van der Waals surface area contributed by atoms with Gasteiger partial charge in [0.15, 0.2) is 0 Å². The van der Waals surface area contributed by atoms with Crippen molar-refractivity contribution in [2.75, 3.05) is 61.2 Å². The van der Waals surface area contributed by atoms with Crippen LogP contribution in [-0.4, -0.2) is 164 Å². The lowest BCUT2D eigenvalue weighted by Crippen LogP contribution is -2.61. The highest BCUT2D eigenvalue weighted by atomic mass is 17.0. The van der Waals surface area contributed by atoms with Gasteiger partial charge in [0.05, 0.1) is 44.4 Å². The third-order valence-corrected chi connectivity index (χ3v) is 15.7. The summed E-state index contributed by atoms with van der Waals surface area (Å²) in [5, 5.41) is 0. The Kier molecular flexibility index (Phi) is 16.4. The molecule has 5 heterocycles. The highest BCUT2D eigenvalue weighted by molar-refractivity contribution is 5.69. The van der Waals surface area contributed by atoms with E-state index in [-0.39, 0.29) is 66.3 Å². The largest absolute Gasteiger partial charge is 0.514 e. The molecule has 1 atom stereocenters. The van der Waals surface area contributed by atoms with E-state index in [1.807, 2.05) is 35.0 Å². The van der Waals surface area contributed by atoms with Crippen LogP contribution in [0.1, 0.15) is 155 Å². The molecule has 5 rings (SSSR count). The van der Waals surface area contributed by atoms with Gasteiger partial charge in [0.2, 0.25) is 0 Å². The smallest absolute Gasteiger partial charge is 0.465 e. The maximum absolute atomic E-state index is 14.1. The van der Waals surface area contributed by atoms with E-state index in [0.29, 0.717) is 58.3 Å². The minimum Gasteiger partial charge on any atom is -0.465 e. The molecule has 1 spiro atoms. The van der Waals surface area contributed by atoms with Crippen molar-refractivity contribution in [2.24, 2.45) is 10.8 Å². The average Bonchev–Trinajstić information content (AvgIpc) is 3.16. The summed E-state index contributed by atoms with van der Waals surface area (Å²) in [6, 6.07) is 0. The molecule has 0 aromatic heterocycles. The van der Waals surface area contributed by atoms with Crippen LogP contribution in [0.15, 0.2) is 0 Å². The molecule has 0 saturated carbocycles. The van der Waals surface area contributed by atoms with Crippen LogP contribution in [0, 0.1) is 10.8 Å². The Morgan fingerprint density at radius 1 is 0.537 bits per heavy atom. The zero-order chi connectivity index (χ0) is 50.2. The fraction of sp³-hybridized carbons (Fsp3) is 0.918. The molecule has 0 amide bonds. The fourth-order valence-electron chi connectivity index (χ4n) is 11.5. The van der Waals surface area contributed by atoms with E-state index in [1.165, 1.54) is 0 Å². The lowest BCUT2D eigenvalue weighted by molar-refractivity contribution is -0.326. The molecule has 18 heteroatoms. The van der Waals surface area contributed by atoms with Crippen LogP contribution in [-0.2, 0) is 56.9 Å².